The number of piperidine rings is 1. The Morgan fingerprint density at radius 3 is 2.86 bits per heavy atom. The molecule has 0 bridgehead atoms. The minimum absolute atomic E-state index is 0.0353. The molecule has 3 heterocycles. The number of aromatic nitrogens is 1. The van der Waals surface area contributed by atoms with Gasteiger partial charge in [-0.3, -0.25) is 4.79 Å². The largest absolute Gasteiger partial charge is 0.378 e. The Labute approximate surface area is 168 Å². The Balaban J connectivity index is 1.48. The number of halogens is 1. The number of aryl methyl sites for hydroxylation is 1. The van der Waals surface area contributed by atoms with Gasteiger partial charge in [-0.15, -0.1) is 11.3 Å². The Morgan fingerprint density at radius 1 is 1.32 bits per heavy atom. The molecule has 28 heavy (non-hydrogen) atoms. The van der Waals surface area contributed by atoms with Crippen LogP contribution in [-0.2, 0) is 4.74 Å². The molecule has 2 N–H and O–H groups in total. The number of hydrogen-bond donors (Lipinski definition) is 1. The van der Waals surface area contributed by atoms with Gasteiger partial charge in [0.2, 0.25) is 0 Å². The quantitative estimate of drug-likeness (QED) is 0.850. The number of rotatable bonds is 3. The SMILES string of the molecule is Cc1nc(-c2ccc(F)cc2)sc1C(=O)N1CCCC(C2CC(N)CCO2)C1. The zero-order valence-corrected chi connectivity index (χ0v) is 16.9. The van der Waals surface area contributed by atoms with Crippen molar-refractivity contribution in [2.75, 3.05) is 19.7 Å². The van der Waals surface area contributed by atoms with Crippen LogP contribution >= 0.6 is 11.3 Å². The van der Waals surface area contributed by atoms with Crippen LogP contribution in [0.2, 0.25) is 0 Å². The lowest BCUT2D eigenvalue weighted by Gasteiger charge is -2.39. The maximum absolute atomic E-state index is 13.2. The van der Waals surface area contributed by atoms with Gasteiger partial charge >= 0.3 is 0 Å². The molecule has 1 aromatic heterocycles. The lowest BCUT2D eigenvalue weighted by atomic mass is 9.87. The van der Waals surface area contributed by atoms with Crippen LogP contribution in [0, 0.1) is 18.7 Å². The molecule has 2 aromatic rings. The van der Waals surface area contributed by atoms with Gasteiger partial charge in [-0.2, -0.15) is 0 Å². The minimum atomic E-state index is -0.280. The molecule has 3 unspecified atom stereocenters. The van der Waals surface area contributed by atoms with E-state index in [0.717, 1.165) is 48.5 Å². The molecule has 2 aliphatic rings. The Kier molecular flexibility index (Phi) is 5.75. The number of ether oxygens (including phenoxy) is 1. The highest BCUT2D eigenvalue weighted by Crippen LogP contribution is 2.32. The number of nitrogens with zero attached hydrogens (tertiary/aromatic N) is 2. The summed E-state index contributed by atoms with van der Waals surface area (Å²) in [5, 5.41) is 0.746. The third-order valence-electron chi connectivity index (χ3n) is 5.71. The van der Waals surface area contributed by atoms with Crippen molar-refractivity contribution in [1.29, 1.82) is 0 Å². The number of nitrogens with two attached hydrogens (primary N) is 1. The van der Waals surface area contributed by atoms with E-state index in [-0.39, 0.29) is 23.9 Å². The van der Waals surface area contributed by atoms with Gasteiger partial charge in [0.25, 0.3) is 5.91 Å². The zero-order chi connectivity index (χ0) is 19.7. The summed E-state index contributed by atoms with van der Waals surface area (Å²) in [6, 6.07) is 6.42. The van der Waals surface area contributed by atoms with Crippen molar-refractivity contribution in [1.82, 2.24) is 9.88 Å². The van der Waals surface area contributed by atoms with Crippen LogP contribution in [0.25, 0.3) is 10.6 Å². The van der Waals surface area contributed by atoms with Gasteiger partial charge in [-0.25, -0.2) is 9.37 Å². The fourth-order valence-corrected chi connectivity index (χ4v) is 5.18. The van der Waals surface area contributed by atoms with Crippen LogP contribution in [0.5, 0.6) is 0 Å². The van der Waals surface area contributed by atoms with E-state index in [2.05, 4.69) is 4.98 Å². The summed E-state index contributed by atoms with van der Waals surface area (Å²) in [6.45, 7) is 4.05. The maximum Gasteiger partial charge on any atom is 0.265 e. The van der Waals surface area contributed by atoms with E-state index in [1.807, 2.05) is 11.8 Å². The molecule has 1 amide bonds. The van der Waals surface area contributed by atoms with Crippen molar-refractivity contribution in [2.24, 2.45) is 11.7 Å². The predicted molar refractivity (Wildman–Crippen MR) is 108 cm³/mol. The van der Waals surface area contributed by atoms with E-state index < -0.39 is 0 Å². The van der Waals surface area contributed by atoms with Crippen LogP contribution in [0.4, 0.5) is 4.39 Å². The van der Waals surface area contributed by atoms with E-state index in [1.165, 1.54) is 23.5 Å². The van der Waals surface area contributed by atoms with Crippen LogP contribution in [0.1, 0.15) is 41.0 Å². The molecular weight excluding hydrogens is 377 g/mol. The van der Waals surface area contributed by atoms with Crippen molar-refractivity contribution in [2.45, 2.75) is 44.8 Å². The second-order valence-electron chi connectivity index (χ2n) is 7.79. The fraction of sp³-hybridized carbons (Fsp3) is 0.524. The highest BCUT2D eigenvalue weighted by Gasteiger charge is 2.34. The molecular formula is C21H26FN3O2S. The van der Waals surface area contributed by atoms with Crippen LogP contribution in [0.15, 0.2) is 24.3 Å². The van der Waals surface area contributed by atoms with Crippen molar-refractivity contribution >= 4 is 17.2 Å². The number of carbonyl (C=O) groups is 1. The molecule has 5 nitrogen and oxygen atoms in total. The third kappa shape index (κ3) is 4.11. The standard InChI is InChI=1S/C21H26FN3O2S/c1-13-19(28-20(24-13)14-4-6-16(22)7-5-14)21(26)25-9-2-3-15(12-25)18-11-17(23)8-10-27-18/h4-7,15,17-18H,2-3,8-12,23H2,1H3. The van der Waals surface area contributed by atoms with E-state index in [9.17, 15) is 9.18 Å². The highest BCUT2D eigenvalue weighted by molar-refractivity contribution is 7.17. The summed E-state index contributed by atoms with van der Waals surface area (Å²) in [4.78, 5) is 20.3. The molecule has 4 rings (SSSR count). The lowest BCUT2D eigenvalue weighted by molar-refractivity contribution is -0.0439. The normalized spacial score (nSPS) is 25.7. The lowest BCUT2D eigenvalue weighted by Crippen LogP contribution is -2.47. The van der Waals surface area contributed by atoms with E-state index in [4.69, 9.17) is 10.5 Å². The number of thiazole rings is 1. The van der Waals surface area contributed by atoms with Gasteiger partial charge in [0.15, 0.2) is 0 Å². The summed E-state index contributed by atoms with van der Waals surface area (Å²) < 4.78 is 19.1. The average molecular weight is 404 g/mol. The molecule has 0 radical (unpaired) electrons. The number of likely N-dealkylation sites (tertiary alicyclic amines) is 1. The Hall–Kier alpha value is -1.83. The molecule has 2 fully saturated rings. The number of carbonyl (C=O) groups excluding carboxylic acids is 1. The summed E-state index contributed by atoms with van der Waals surface area (Å²) in [6.07, 6.45) is 3.99. The van der Waals surface area contributed by atoms with Gasteiger partial charge in [0.1, 0.15) is 15.7 Å². The fourth-order valence-electron chi connectivity index (χ4n) is 4.14. The first-order valence-corrected chi connectivity index (χ1v) is 10.7. The first kappa shape index (κ1) is 19.5. The second kappa shape index (κ2) is 8.27. The maximum atomic E-state index is 13.2. The smallest absolute Gasteiger partial charge is 0.265 e. The van der Waals surface area contributed by atoms with Crippen LogP contribution < -0.4 is 5.73 Å². The van der Waals surface area contributed by atoms with Gasteiger partial charge in [-0.1, -0.05) is 0 Å². The molecule has 1 aromatic carbocycles. The van der Waals surface area contributed by atoms with Crippen molar-refractivity contribution in [3.8, 4) is 10.6 Å². The Bertz CT molecular complexity index is 839. The van der Waals surface area contributed by atoms with E-state index in [1.54, 1.807) is 12.1 Å². The van der Waals surface area contributed by atoms with E-state index >= 15 is 0 Å². The molecule has 2 saturated heterocycles. The summed E-state index contributed by atoms with van der Waals surface area (Å²) in [5.74, 6) is 0.0966. The summed E-state index contributed by atoms with van der Waals surface area (Å²) in [7, 11) is 0. The molecule has 0 aliphatic carbocycles. The van der Waals surface area contributed by atoms with Gasteiger partial charge in [0.05, 0.1) is 11.8 Å². The van der Waals surface area contributed by atoms with Crippen LogP contribution in [-0.4, -0.2) is 47.6 Å². The third-order valence-corrected chi connectivity index (χ3v) is 6.90. The van der Waals surface area contributed by atoms with Gasteiger partial charge in [-0.05, 0) is 56.9 Å². The van der Waals surface area contributed by atoms with Crippen molar-refractivity contribution in [3.05, 3.63) is 40.7 Å². The molecule has 3 atom stereocenters. The van der Waals surface area contributed by atoms with Crippen molar-refractivity contribution < 1.29 is 13.9 Å². The molecule has 7 heteroatoms. The highest BCUT2D eigenvalue weighted by atomic mass is 32.1. The van der Waals surface area contributed by atoms with E-state index in [0.29, 0.717) is 23.9 Å². The molecule has 2 aliphatic heterocycles. The monoisotopic (exact) mass is 403 g/mol. The second-order valence-corrected chi connectivity index (χ2v) is 8.79. The number of amides is 1. The summed E-state index contributed by atoms with van der Waals surface area (Å²) in [5.41, 5.74) is 7.67. The number of hydrogen-bond acceptors (Lipinski definition) is 5. The minimum Gasteiger partial charge on any atom is -0.378 e. The molecule has 150 valence electrons. The first-order valence-electron chi connectivity index (χ1n) is 9.91. The molecule has 0 saturated carbocycles. The summed E-state index contributed by atoms with van der Waals surface area (Å²) >= 11 is 1.38. The average Bonchev–Trinajstić information content (AvgIpc) is 3.09. The number of benzene rings is 1. The zero-order valence-electron chi connectivity index (χ0n) is 16.1. The van der Waals surface area contributed by atoms with Crippen molar-refractivity contribution in [3.63, 3.8) is 0 Å². The van der Waals surface area contributed by atoms with Crippen LogP contribution in [0.3, 0.4) is 0 Å². The first-order chi connectivity index (χ1) is 13.5. The topological polar surface area (TPSA) is 68.5 Å². The Morgan fingerprint density at radius 2 is 2.11 bits per heavy atom. The van der Waals surface area contributed by atoms with Gasteiger partial charge < -0.3 is 15.4 Å². The molecule has 0 spiro atoms. The van der Waals surface area contributed by atoms with Gasteiger partial charge in [0, 0.05) is 37.2 Å². The predicted octanol–water partition coefficient (Wildman–Crippen LogP) is 3.62.